The van der Waals surface area contributed by atoms with Gasteiger partial charge >= 0.3 is 0 Å². The highest BCUT2D eigenvalue weighted by atomic mass is 16.5. The number of benzene rings is 3. The van der Waals surface area contributed by atoms with E-state index >= 15 is 0 Å². The predicted octanol–water partition coefficient (Wildman–Crippen LogP) is 5.81. The fourth-order valence-corrected chi connectivity index (χ4v) is 4.46. The Morgan fingerprint density at radius 1 is 0.800 bits per heavy atom. The molecule has 0 radical (unpaired) electrons. The Kier molecular flexibility index (Phi) is 4.24. The van der Waals surface area contributed by atoms with Gasteiger partial charge in [0.1, 0.15) is 34.4 Å². The molecule has 4 nitrogen and oxygen atoms in total. The number of fused-ring (bicyclic) bond motifs is 3. The maximum absolute atomic E-state index is 6.51. The van der Waals surface area contributed by atoms with Crippen molar-refractivity contribution in [3.63, 3.8) is 0 Å². The Bertz CT molecular complexity index is 1140. The van der Waals surface area contributed by atoms with Crippen LogP contribution in [-0.4, -0.2) is 19.8 Å². The topological polar surface area (TPSA) is 36.9 Å². The van der Waals surface area contributed by atoms with Crippen molar-refractivity contribution in [2.75, 3.05) is 14.2 Å². The normalized spacial score (nSPS) is 18.3. The van der Waals surface area contributed by atoms with Gasteiger partial charge in [-0.3, -0.25) is 0 Å². The van der Waals surface area contributed by atoms with Gasteiger partial charge in [0, 0.05) is 17.1 Å². The van der Waals surface area contributed by atoms with E-state index in [1.54, 1.807) is 14.2 Å². The standard InChI is InChI=1S/C26H24O4/c1-26(2)24-23(16-9-11-17(27-3)12-10-16)20-15-18(28-4)13-14-21(20)29-25(24)19-7-5-6-8-22(19)30-26/h5-15,23H,1-4H3. The molecule has 4 heteroatoms. The van der Waals surface area contributed by atoms with Crippen LogP contribution >= 0.6 is 0 Å². The number of methoxy groups -OCH3 is 2. The average Bonchev–Trinajstić information content (AvgIpc) is 2.77. The van der Waals surface area contributed by atoms with E-state index in [1.165, 1.54) is 0 Å². The Morgan fingerprint density at radius 2 is 1.50 bits per heavy atom. The molecule has 0 saturated carbocycles. The maximum Gasteiger partial charge on any atom is 0.142 e. The molecule has 2 heterocycles. The largest absolute Gasteiger partial charge is 0.497 e. The lowest BCUT2D eigenvalue weighted by molar-refractivity contribution is 0.132. The monoisotopic (exact) mass is 400 g/mol. The molecule has 0 bridgehead atoms. The molecule has 1 unspecified atom stereocenters. The molecule has 0 fully saturated rings. The molecule has 0 aliphatic carbocycles. The van der Waals surface area contributed by atoms with E-state index in [-0.39, 0.29) is 5.92 Å². The van der Waals surface area contributed by atoms with Gasteiger partial charge < -0.3 is 18.9 Å². The summed E-state index contributed by atoms with van der Waals surface area (Å²) in [6.07, 6.45) is 0. The van der Waals surface area contributed by atoms with Crippen LogP contribution in [0.5, 0.6) is 23.0 Å². The van der Waals surface area contributed by atoms with Crippen molar-refractivity contribution in [3.8, 4) is 23.0 Å². The first-order valence-electron chi connectivity index (χ1n) is 10.0. The summed E-state index contributed by atoms with van der Waals surface area (Å²) in [5, 5.41) is 0. The van der Waals surface area contributed by atoms with Crippen molar-refractivity contribution in [3.05, 3.63) is 89.0 Å². The zero-order valence-electron chi connectivity index (χ0n) is 17.6. The Hall–Kier alpha value is -3.40. The van der Waals surface area contributed by atoms with E-state index in [1.807, 2.05) is 42.5 Å². The molecular weight excluding hydrogens is 376 g/mol. The smallest absolute Gasteiger partial charge is 0.142 e. The summed E-state index contributed by atoms with van der Waals surface area (Å²) in [4.78, 5) is 0. The summed E-state index contributed by atoms with van der Waals surface area (Å²) in [5.41, 5.74) is 3.75. The van der Waals surface area contributed by atoms with Gasteiger partial charge in [-0.05, 0) is 61.9 Å². The van der Waals surface area contributed by atoms with Gasteiger partial charge in [0.25, 0.3) is 0 Å². The third kappa shape index (κ3) is 2.83. The minimum absolute atomic E-state index is 0.0342. The molecule has 0 saturated heterocycles. The fraction of sp³-hybridized carbons (Fsp3) is 0.231. The minimum Gasteiger partial charge on any atom is -0.497 e. The third-order valence-electron chi connectivity index (χ3n) is 5.87. The fourth-order valence-electron chi connectivity index (χ4n) is 4.46. The molecule has 3 aromatic rings. The molecule has 5 rings (SSSR count). The highest BCUT2D eigenvalue weighted by Crippen LogP contribution is 2.54. The lowest BCUT2D eigenvalue weighted by Crippen LogP contribution is -2.40. The minimum atomic E-state index is -0.547. The van der Waals surface area contributed by atoms with Crippen molar-refractivity contribution in [2.24, 2.45) is 0 Å². The summed E-state index contributed by atoms with van der Waals surface area (Å²) in [5.74, 6) is 4.15. The Balaban J connectivity index is 1.79. The summed E-state index contributed by atoms with van der Waals surface area (Å²) in [6, 6.07) is 22.2. The van der Waals surface area contributed by atoms with E-state index in [2.05, 4.69) is 38.1 Å². The number of hydrogen-bond acceptors (Lipinski definition) is 4. The first-order valence-corrected chi connectivity index (χ1v) is 10.0. The van der Waals surface area contributed by atoms with E-state index < -0.39 is 5.60 Å². The Morgan fingerprint density at radius 3 is 2.23 bits per heavy atom. The van der Waals surface area contributed by atoms with Crippen LogP contribution in [0, 0.1) is 0 Å². The number of ether oxygens (including phenoxy) is 4. The average molecular weight is 400 g/mol. The quantitative estimate of drug-likeness (QED) is 0.556. The van der Waals surface area contributed by atoms with Gasteiger partial charge in [0.2, 0.25) is 0 Å². The molecule has 152 valence electrons. The molecule has 0 aromatic heterocycles. The van der Waals surface area contributed by atoms with Crippen molar-refractivity contribution < 1.29 is 18.9 Å². The molecule has 30 heavy (non-hydrogen) atoms. The molecule has 1 atom stereocenters. The van der Waals surface area contributed by atoms with Crippen LogP contribution in [0.1, 0.15) is 36.5 Å². The summed E-state index contributed by atoms with van der Waals surface area (Å²) < 4.78 is 23.9. The van der Waals surface area contributed by atoms with Gasteiger partial charge in [0.05, 0.1) is 19.8 Å². The van der Waals surface area contributed by atoms with Crippen LogP contribution in [0.4, 0.5) is 0 Å². The first-order chi connectivity index (χ1) is 14.5. The van der Waals surface area contributed by atoms with Crippen molar-refractivity contribution in [1.29, 1.82) is 0 Å². The zero-order chi connectivity index (χ0) is 20.9. The summed E-state index contributed by atoms with van der Waals surface area (Å²) in [6.45, 7) is 4.20. The maximum atomic E-state index is 6.51. The van der Waals surface area contributed by atoms with Crippen molar-refractivity contribution >= 4 is 5.76 Å². The molecule has 0 N–H and O–H groups in total. The second-order valence-corrected chi connectivity index (χ2v) is 8.06. The van der Waals surface area contributed by atoms with Crippen LogP contribution in [0.3, 0.4) is 0 Å². The second kappa shape index (κ2) is 6.84. The molecule has 2 aliphatic heterocycles. The van der Waals surface area contributed by atoms with E-state index in [0.717, 1.165) is 51.0 Å². The molecule has 2 aliphatic rings. The molecular formula is C26H24O4. The van der Waals surface area contributed by atoms with Crippen molar-refractivity contribution in [2.45, 2.75) is 25.4 Å². The molecule has 0 amide bonds. The van der Waals surface area contributed by atoms with Gasteiger partial charge in [0.15, 0.2) is 0 Å². The number of para-hydroxylation sites is 1. The number of hydrogen-bond donors (Lipinski definition) is 0. The van der Waals surface area contributed by atoms with E-state index in [4.69, 9.17) is 18.9 Å². The van der Waals surface area contributed by atoms with E-state index in [9.17, 15) is 0 Å². The van der Waals surface area contributed by atoms with Crippen LogP contribution in [0.25, 0.3) is 5.76 Å². The third-order valence-corrected chi connectivity index (χ3v) is 5.87. The van der Waals surface area contributed by atoms with Crippen molar-refractivity contribution in [1.82, 2.24) is 0 Å². The van der Waals surface area contributed by atoms with Crippen LogP contribution in [0.15, 0.2) is 72.3 Å². The first kappa shape index (κ1) is 18.6. The van der Waals surface area contributed by atoms with Gasteiger partial charge in [-0.2, -0.15) is 0 Å². The SMILES string of the molecule is COc1ccc(C2C3=C(Oc4ccc(OC)cc42)c2ccccc2OC3(C)C)cc1. The molecule has 3 aromatic carbocycles. The van der Waals surface area contributed by atoms with Gasteiger partial charge in [-0.1, -0.05) is 24.3 Å². The lowest BCUT2D eigenvalue weighted by Gasteiger charge is -2.43. The summed E-state index contributed by atoms with van der Waals surface area (Å²) in [7, 11) is 3.36. The molecule has 0 spiro atoms. The highest BCUT2D eigenvalue weighted by molar-refractivity contribution is 5.79. The Labute approximate surface area is 176 Å². The van der Waals surface area contributed by atoms with Gasteiger partial charge in [-0.25, -0.2) is 0 Å². The predicted molar refractivity (Wildman–Crippen MR) is 117 cm³/mol. The van der Waals surface area contributed by atoms with Crippen LogP contribution in [0.2, 0.25) is 0 Å². The number of rotatable bonds is 3. The highest BCUT2D eigenvalue weighted by Gasteiger charge is 2.45. The summed E-state index contributed by atoms with van der Waals surface area (Å²) >= 11 is 0. The zero-order valence-corrected chi connectivity index (χ0v) is 17.6. The van der Waals surface area contributed by atoms with Crippen LogP contribution in [-0.2, 0) is 0 Å². The van der Waals surface area contributed by atoms with Crippen LogP contribution < -0.4 is 18.9 Å². The second-order valence-electron chi connectivity index (χ2n) is 8.06. The lowest BCUT2D eigenvalue weighted by atomic mass is 9.74. The van der Waals surface area contributed by atoms with Gasteiger partial charge in [-0.15, -0.1) is 0 Å². The van der Waals surface area contributed by atoms with E-state index in [0.29, 0.717) is 0 Å².